The minimum atomic E-state index is -0.360. The van der Waals surface area contributed by atoms with Crippen molar-refractivity contribution in [3.63, 3.8) is 0 Å². The lowest BCUT2D eigenvalue weighted by Crippen LogP contribution is -2.29. The van der Waals surface area contributed by atoms with E-state index < -0.39 is 0 Å². The number of amides is 2. The summed E-state index contributed by atoms with van der Waals surface area (Å²) < 4.78 is 11.9. The van der Waals surface area contributed by atoms with Gasteiger partial charge in [-0.25, -0.2) is 4.99 Å². The van der Waals surface area contributed by atoms with Crippen molar-refractivity contribution in [3.8, 4) is 11.5 Å². The van der Waals surface area contributed by atoms with Crippen LogP contribution in [0.25, 0.3) is 0 Å². The number of methoxy groups -OCH3 is 2. The van der Waals surface area contributed by atoms with Gasteiger partial charge in [0, 0.05) is 17.3 Å². The van der Waals surface area contributed by atoms with E-state index in [4.69, 9.17) is 9.47 Å². The molecule has 1 aliphatic heterocycles. The van der Waals surface area contributed by atoms with E-state index in [0.29, 0.717) is 28.6 Å². The normalized spacial score (nSPS) is 18.0. The molecule has 1 atom stereocenters. The van der Waals surface area contributed by atoms with Crippen LogP contribution in [0, 0.1) is 12.8 Å². The Bertz CT molecular complexity index is 1050. The molecular formula is C20H21N5O4. The van der Waals surface area contributed by atoms with Crippen molar-refractivity contribution in [1.29, 1.82) is 0 Å². The summed E-state index contributed by atoms with van der Waals surface area (Å²) in [7, 11) is 3.03. The Morgan fingerprint density at radius 2 is 1.97 bits per heavy atom. The number of ether oxygens (including phenoxy) is 2. The maximum atomic E-state index is 12.8. The van der Waals surface area contributed by atoms with Crippen molar-refractivity contribution in [2.24, 2.45) is 15.9 Å². The molecule has 2 heterocycles. The largest absolute Gasteiger partial charge is 0.493 e. The molecule has 0 radical (unpaired) electrons. The minimum absolute atomic E-state index is 0.180. The topological polar surface area (TPSA) is 107 Å². The van der Waals surface area contributed by atoms with Gasteiger partial charge >= 0.3 is 0 Å². The molecule has 1 N–H and O–H groups in total. The number of hydrogen-bond acceptors (Lipinski definition) is 6. The minimum Gasteiger partial charge on any atom is -0.493 e. The Hall–Kier alpha value is -3.49. The van der Waals surface area contributed by atoms with Crippen molar-refractivity contribution in [1.82, 2.24) is 9.78 Å². The molecule has 150 valence electrons. The van der Waals surface area contributed by atoms with Gasteiger partial charge in [0.1, 0.15) is 5.82 Å². The smallest absolute Gasteiger partial charge is 0.257 e. The highest BCUT2D eigenvalue weighted by atomic mass is 16.5. The summed E-state index contributed by atoms with van der Waals surface area (Å²) in [6.45, 7) is 1.79. The molecule has 4 rings (SSSR count). The number of nitrogens with zero attached hydrogens (tertiary/aromatic N) is 4. The molecule has 29 heavy (non-hydrogen) atoms. The number of carbonyl (C=O) groups excluding carboxylic acids is 2. The molecule has 1 saturated carbocycles. The molecule has 2 amide bonds. The number of aromatic nitrogens is 2. The van der Waals surface area contributed by atoms with Gasteiger partial charge in [-0.15, -0.1) is 0 Å². The fourth-order valence-corrected chi connectivity index (χ4v) is 3.56. The second-order valence-electron chi connectivity index (χ2n) is 6.90. The van der Waals surface area contributed by atoms with Gasteiger partial charge in [-0.1, -0.05) is 0 Å². The molecule has 2 aromatic rings. The molecule has 0 bridgehead atoms. The van der Waals surface area contributed by atoms with Crippen LogP contribution >= 0.6 is 0 Å². The number of nitrogens with one attached hydrogen (secondary N) is 1. The first-order valence-electron chi connectivity index (χ1n) is 9.30. The first-order valence-corrected chi connectivity index (χ1v) is 9.30. The highest BCUT2D eigenvalue weighted by Crippen LogP contribution is 2.29. The van der Waals surface area contributed by atoms with Crippen molar-refractivity contribution >= 4 is 29.3 Å². The highest BCUT2D eigenvalue weighted by molar-refractivity contribution is 6.17. The zero-order valence-corrected chi connectivity index (χ0v) is 16.4. The summed E-state index contributed by atoms with van der Waals surface area (Å²) in [5.74, 6) is 0.774. The Morgan fingerprint density at radius 3 is 2.72 bits per heavy atom. The van der Waals surface area contributed by atoms with E-state index >= 15 is 0 Å². The molecule has 2 aliphatic rings. The SMILES string of the molecule is COc1ccc(C(=O)Nc2cc(C)nn2C2=NC(=O)C3CCCC3=N2)cc1OC. The van der Waals surface area contributed by atoms with Crippen LogP contribution in [0.5, 0.6) is 11.5 Å². The molecule has 1 aromatic heterocycles. The van der Waals surface area contributed by atoms with Gasteiger partial charge in [0.25, 0.3) is 17.8 Å². The van der Waals surface area contributed by atoms with Gasteiger partial charge in [0.2, 0.25) is 0 Å². The zero-order chi connectivity index (χ0) is 20.5. The van der Waals surface area contributed by atoms with Crippen LogP contribution in [-0.4, -0.2) is 47.5 Å². The van der Waals surface area contributed by atoms with Crippen LogP contribution < -0.4 is 14.8 Å². The maximum Gasteiger partial charge on any atom is 0.257 e. The number of carbonyl (C=O) groups is 2. The van der Waals surface area contributed by atoms with Gasteiger partial charge in [0.05, 0.1) is 25.8 Å². The maximum absolute atomic E-state index is 12.8. The summed E-state index contributed by atoms with van der Waals surface area (Å²) in [6, 6.07) is 6.58. The number of rotatable bonds is 4. The second-order valence-corrected chi connectivity index (χ2v) is 6.90. The van der Waals surface area contributed by atoms with E-state index in [1.807, 2.05) is 0 Å². The molecule has 1 unspecified atom stereocenters. The lowest BCUT2D eigenvalue weighted by Gasteiger charge is -2.15. The second kappa shape index (κ2) is 7.50. The Kier molecular flexibility index (Phi) is 4.87. The third-order valence-electron chi connectivity index (χ3n) is 4.99. The summed E-state index contributed by atoms with van der Waals surface area (Å²) >= 11 is 0. The van der Waals surface area contributed by atoms with Gasteiger partial charge in [-0.2, -0.15) is 14.8 Å². The van der Waals surface area contributed by atoms with Crippen LogP contribution in [0.3, 0.4) is 0 Å². The van der Waals surface area contributed by atoms with Crippen LogP contribution in [0.15, 0.2) is 34.3 Å². The Labute approximate surface area is 167 Å². The van der Waals surface area contributed by atoms with Crippen LogP contribution in [0.2, 0.25) is 0 Å². The zero-order valence-electron chi connectivity index (χ0n) is 16.4. The van der Waals surface area contributed by atoms with E-state index in [2.05, 4.69) is 20.4 Å². The first kappa shape index (κ1) is 18.9. The number of anilines is 1. The fourth-order valence-electron chi connectivity index (χ4n) is 3.56. The van der Waals surface area contributed by atoms with Gasteiger partial charge in [0.15, 0.2) is 11.5 Å². The quantitative estimate of drug-likeness (QED) is 0.856. The first-order chi connectivity index (χ1) is 14.0. The van der Waals surface area contributed by atoms with E-state index in [1.165, 1.54) is 18.9 Å². The molecule has 0 saturated heterocycles. The van der Waals surface area contributed by atoms with Gasteiger partial charge in [-0.05, 0) is 44.4 Å². The molecule has 9 heteroatoms. The lowest BCUT2D eigenvalue weighted by atomic mass is 10.1. The van der Waals surface area contributed by atoms with E-state index in [0.717, 1.165) is 25.0 Å². The number of hydrogen-bond donors (Lipinski definition) is 1. The van der Waals surface area contributed by atoms with Crippen LogP contribution in [-0.2, 0) is 4.79 Å². The summed E-state index contributed by atoms with van der Waals surface area (Å²) in [5, 5.41) is 7.17. The molecule has 1 aromatic carbocycles. The van der Waals surface area contributed by atoms with Crippen molar-refractivity contribution in [3.05, 3.63) is 35.5 Å². The molecule has 1 fully saturated rings. The Balaban J connectivity index is 1.63. The van der Waals surface area contributed by atoms with Crippen molar-refractivity contribution in [2.75, 3.05) is 19.5 Å². The van der Waals surface area contributed by atoms with Gasteiger partial charge < -0.3 is 14.8 Å². The van der Waals surface area contributed by atoms with E-state index in [9.17, 15) is 9.59 Å². The van der Waals surface area contributed by atoms with Crippen molar-refractivity contribution < 1.29 is 19.1 Å². The van der Waals surface area contributed by atoms with E-state index in [1.54, 1.807) is 31.2 Å². The van der Waals surface area contributed by atoms with Crippen molar-refractivity contribution in [2.45, 2.75) is 26.2 Å². The summed E-state index contributed by atoms with van der Waals surface area (Å²) in [4.78, 5) is 33.7. The molecule has 1 aliphatic carbocycles. The lowest BCUT2D eigenvalue weighted by molar-refractivity contribution is -0.119. The predicted molar refractivity (Wildman–Crippen MR) is 107 cm³/mol. The fraction of sp³-hybridized carbons (Fsp3) is 0.350. The van der Waals surface area contributed by atoms with Gasteiger partial charge in [-0.3, -0.25) is 9.59 Å². The summed E-state index contributed by atoms with van der Waals surface area (Å²) in [5.41, 5.74) is 1.89. The number of aryl methyl sites for hydroxylation is 1. The predicted octanol–water partition coefficient (Wildman–Crippen LogP) is 2.45. The van der Waals surface area contributed by atoms with E-state index in [-0.39, 0.29) is 23.7 Å². The Morgan fingerprint density at radius 1 is 1.17 bits per heavy atom. The highest BCUT2D eigenvalue weighted by Gasteiger charge is 2.33. The average molecular weight is 395 g/mol. The number of benzene rings is 1. The molecule has 9 nitrogen and oxygen atoms in total. The summed E-state index contributed by atoms with van der Waals surface area (Å²) in [6.07, 6.45) is 2.50. The number of fused-ring (bicyclic) bond motifs is 1. The third-order valence-corrected chi connectivity index (χ3v) is 4.99. The standard InChI is InChI=1S/C20H21N5O4/c1-11-9-17(22-18(26)12-7-8-15(28-2)16(10-12)29-3)25(24-11)20-21-14-6-4-5-13(14)19(27)23-20/h7-10,13H,4-6H2,1-3H3,(H,22,26). The number of aliphatic imine (C=N–C) groups is 2. The van der Waals surface area contributed by atoms with Crippen LogP contribution in [0.1, 0.15) is 35.3 Å². The monoisotopic (exact) mass is 395 g/mol. The molecule has 0 spiro atoms. The van der Waals surface area contributed by atoms with Crippen LogP contribution in [0.4, 0.5) is 5.82 Å². The molecular weight excluding hydrogens is 374 g/mol. The average Bonchev–Trinajstić information content (AvgIpc) is 3.33. The third kappa shape index (κ3) is 3.51.